The lowest BCUT2D eigenvalue weighted by Gasteiger charge is -2.16. The molecule has 0 aliphatic rings. The summed E-state index contributed by atoms with van der Waals surface area (Å²) in [7, 11) is 0. The van der Waals surface area contributed by atoms with Gasteiger partial charge < -0.3 is 13.3 Å². The third kappa shape index (κ3) is 17.1. The van der Waals surface area contributed by atoms with Crippen molar-refractivity contribution < 1.29 is 13.3 Å². The summed E-state index contributed by atoms with van der Waals surface area (Å²) in [4.78, 5) is 55.3. The van der Waals surface area contributed by atoms with Gasteiger partial charge in [-0.15, -0.1) is 0 Å². The zero-order valence-electron chi connectivity index (χ0n) is 73.1. The van der Waals surface area contributed by atoms with E-state index < -0.39 is 0 Å². The van der Waals surface area contributed by atoms with E-state index in [-0.39, 0.29) is 16.3 Å². The van der Waals surface area contributed by atoms with E-state index in [4.69, 9.17) is 28.2 Å². The Balaban J connectivity index is 0.000000118. The van der Waals surface area contributed by atoms with Crippen molar-refractivity contribution in [3.05, 3.63) is 522 Å². The molecule has 0 N–H and O–H groups in total. The number of para-hydroxylation sites is 3. The predicted molar refractivity (Wildman–Crippen MR) is 555 cm³/mol. The maximum absolute atomic E-state index is 13.5. The van der Waals surface area contributed by atoms with E-state index in [1.54, 1.807) is 0 Å². The van der Waals surface area contributed by atoms with Gasteiger partial charge in [-0.25, -0.2) is 15.0 Å². The fourth-order valence-corrected chi connectivity index (χ4v) is 18.0. The van der Waals surface area contributed by atoms with Crippen molar-refractivity contribution in [3.63, 3.8) is 0 Å². The topological polar surface area (TPSA) is 129 Å². The van der Waals surface area contributed by atoms with Crippen LogP contribution in [0.4, 0.5) is 0 Å². The summed E-state index contributed by atoms with van der Waals surface area (Å²) < 4.78 is 18.3. The van der Waals surface area contributed by atoms with Gasteiger partial charge in [-0.2, -0.15) is 0 Å². The van der Waals surface area contributed by atoms with Crippen molar-refractivity contribution in [3.8, 4) is 168 Å². The normalized spacial score (nSPS) is 11.2. The smallest absolute Gasteiger partial charge is 0.200 e. The SMILES string of the molecule is O=c1c2ccccc2oc2cc(-c3cccc(-c4cccc(-c5cc(-c6ccccc6)cc(-c6ccccc6)n5)c4)c3)ccc12.O=c1c2ccccc2oc2ccc(-c3cccc(-c4cccc(-c5cc(-c6ccccc6)cc(-c6ccccc6)n5)c4)c3)cc12.O=c1c2ccccc2oc2ccc(-c3ccccc3-c3ccccc3-c3cc(-c4ccccc4)cc(-c4ccccc4)n3)cc12. The minimum absolute atomic E-state index is 0.00988. The van der Waals surface area contributed by atoms with Crippen LogP contribution >= 0.6 is 0 Å². The third-order valence-corrected chi connectivity index (χ3v) is 24.8. The van der Waals surface area contributed by atoms with Crippen LogP contribution in [0.2, 0.25) is 0 Å². The second kappa shape index (κ2) is 36.8. The molecule has 6 aromatic heterocycles. The van der Waals surface area contributed by atoms with Crippen molar-refractivity contribution in [2.24, 2.45) is 0 Å². The van der Waals surface area contributed by atoms with E-state index in [0.29, 0.717) is 65.8 Å². The average molecular weight is 1730 g/mol. The Morgan fingerprint density at radius 2 is 0.363 bits per heavy atom. The van der Waals surface area contributed by atoms with Crippen molar-refractivity contribution in [1.82, 2.24) is 15.0 Å². The fourth-order valence-electron chi connectivity index (χ4n) is 18.0. The van der Waals surface area contributed by atoms with Crippen molar-refractivity contribution in [1.29, 1.82) is 0 Å². The first-order valence-electron chi connectivity index (χ1n) is 45.0. The zero-order chi connectivity index (χ0) is 90.5. The van der Waals surface area contributed by atoms with Gasteiger partial charge in [0.2, 0.25) is 16.3 Å². The monoisotopic (exact) mass is 1730 g/mol. The first kappa shape index (κ1) is 82.5. The largest absolute Gasteiger partial charge is 0.456 e. The number of pyridine rings is 3. The van der Waals surface area contributed by atoms with Crippen LogP contribution in [-0.4, -0.2) is 15.0 Å². The second-order valence-electron chi connectivity index (χ2n) is 33.4. The van der Waals surface area contributed by atoms with Crippen LogP contribution in [0.5, 0.6) is 0 Å². The quantitative estimate of drug-likeness (QED) is 0.0921. The molecule has 24 aromatic rings. The average Bonchev–Trinajstić information content (AvgIpc) is 0.745. The van der Waals surface area contributed by atoms with Gasteiger partial charge in [0, 0.05) is 33.4 Å². The number of rotatable bonds is 15. The maximum Gasteiger partial charge on any atom is 0.200 e. The van der Waals surface area contributed by atoms with Gasteiger partial charge in [-0.3, -0.25) is 14.4 Å². The minimum Gasteiger partial charge on any atom is -0.456 e. The molecule has 0 fully saturated rings. The summed E-state index contributed by atoms with van der Waals surface area (Å²) in [5.74, 6) is 0. The van der Waals surface area contributed by atoms with Crippen molar-refractivity contribution in [2.75, 3.05) is 0 Å². The van der Waals surface area contributed by atoms with Gasteiger partial charge in [-0.1, -0.05) is 358 Å². The van der Waals surface area contributed by atoms with E-state index in [1.165, 1.54) is 0 Å². The zero-order valence-corrected chi connectivity index (χ0v) is 73.1. The summed E-state index contributed by atoms with van der Waals surface area (Å²) in [6.07, 6.45) is 0. The van der Waals surface area contributed by atoms with Crippen LogP contribution < -0.4 is 16.3 Å². The number of hydrogen-bond acceptors (Lipinski definition) is 9. The van der Waals surface area contributed by atoms with Crippen LogP contribution in [-0.2, 0) is 0 Å². The molecule has 636 valence electrons. The van der Waals surface area contributed by atoms with Crippen LogP contribution in [0, 0.1) is 0 Å². The molecule has 0 saturated heterocycles. The van der Waals surface area contributed by atoms with Crippen LogP contribution in [0.15, 0.2) is 519 Å². The van der Waals surface area contributed by atoms with Crippen molar-refractivity contribution >= 4 is 65.8 Å². The van der Waals surface area contributed by atoms with E-state index in [1.807, 2.05) is 206 Å². The van der Waals surface area contributed by atoms with E-state index in [9.17, 15) is 14.4 Å². The fraction of sp³-hybridized carbons (Fsp3) is 0. The minimum atomic E-state index is -0.0260. The molecule has 0 saturated carbocycles. The Morgan fingerprint density at radius 1 is 0.126 bits per heavy atom. The molecule has 0 aliphatic carbocycles. The Labute approximate surface area is 778 Å². The molecule has 9 heteroatoms. The molecular formula is C126H81N3O6. The number of aromatic nitrogens is 3. The number of nitrogens with zero attached hydrogens (tertiary/aromatic N) is 3. The summed E-state index contributed by atoms with van der Waals surface area (Å²) in [6.45, 7) is 0. The highest BCUT2D eigenvalue weighted by molar-refractivity contribution is 5.99. The number of hydrogen-bond donors (Lipinski definition) is 0. The highest BCUT2D eigenvalue weighted by atomic mass is 16.3. The van der Waals surface area contributed by atoms with E-state index >= 15 is 0 Å². The molecule has 0 atom stereocenters. The molecule has 135 heavy (non-hydrogen) atoms. The summed E-state index contributed by atoms with van der Waals surface area (Å²) in [5.41, 5.74) is 34.7. The van der Waals surface area contributed by atoms with Gasteiger partial charge in [0.1, 0.15) is 33.5 Å². The molecule has 6 heterocycles. The lowest BCUT2D eigenvalue weighted by Crippen LogP contribution is -2.02. The number of benzene rings is 18. The summed E-state index contributed by atoms with van der Waals surface area (Å²) in [5, 5.41) is 3.50. The van der Waals surface area contributed by atoms with Crippen molar-refractivity contribution in [2.45, 2.75) is 0 Å². The highest BCUT2D eigenvalue weighted by Crippen LogP contribution is 2.43. The summed E-state index contributed by atoms with van der Waals surface area (Å²) in [6, 6.07) is 166. The molecule has 0 radical (unpaired) electrons. The third-order valence-electron chi connectivity index (χ3n) is 24.8. The first-order valence-corrected chi connectivity index (χ1v) is 45.0. The van der Waals surface area contributed by atoms with Gasteiger partial charge in [0.15, 0.2) is 0 Å². The molecule has 0 spiro atoms. The predicted octanol–water partition coefficient (Wildman–Crippen LogP) is 32.0. The van der Waals surface area contributed by atoms with Gasteiger partial charge in [-0.05, 0) is 234 Å². The second-order valence-corrected chi connectivity index (χ2v) is 33.4. The Kier molecular flexibility index (Phi) is 22.5. The highest BCUT2D eigenvalue weighted by Gasteiger charge is 2.21. The van der Waals surface area contributed by atoms with E-state index in [2.05, 4.69) is 285 Å². The van der Waals surface area contributed by atoms with Gasteiger partial charge in [0.05, 0.1) is 66.5 Å². The summed E-state index contributed by atoms with van der Waals surface area (Å²) >= 11 is 0. The standard InChI is InChI=1S/3C42H27NO2/c44-42-36-19-7-8-20-40(36)45-41-27-33(21-22-37(41)42)31-16-9-15-30(23-31)32-17-10-18-34(24-32)39-26-35(28-11-3-1-4-12-28)25-38(43-39)29-13-5-2-6-14-29;44-42-36-19-7-8-20-40(36)45-41-22-21-33(25-37(41)42)31-16-9-15-30(23-31)32-17-10-18-34(24-32)39-27-35(28-11-3-1-4-12-28)26-38(43-39)29-13-5-2-6-14-29;44-42-36-21-11-12-22-40(36)45-41-24-23-30(25-37(41)42)32-17-7-8-18-33(32)34-19-9-10-20-35(34)39-27-31(28-13-3-1-4-14-28)26-38(43-39)29-15-5-2-6-16-29/h3*1-27H. The molecule has 0 amide bonds. The molecule has 24 rings (SSSR count). The van der Waals surface area contributed by atoms with Gasteiger partial charge in [0.25, 0.3) is 0 Å². The van der Waals surface area contributed by atoms with Crippen LogP contribution in [0.25, 0.3) is 234 Å². The molecule has 9 nitrogen and oxygen atoms in total. The number of fused-ring (bicyclic) bond motifs is 6. The maximum atomic E-state index is 13.5. The Morgan fingerprint density at radius 3 is 0.763 bits per heavy atom. The Hall–Kier alpha value is -18.2. The molecule has 0 bridgehead atoms. The first-order chi connectivity index (χ1) is 66.6. The Bertz CT molecular complexity index is 8630. The lowest BCUT2D eigenvalue weighted by atomic mass is 9.89. The molecule has 18 aromatic carbocycles. The molecule has 0 unspecified atom stereocenters. The molecule has 0 aliphatic heterocycles. The van der Waals surface area contributed by atoms with E-state index in [0.717, 1.165) is 168 Å². The lowest BCUT2D eigenvalue weighted by molar-refractivity contribution is 0.659. The molecular weight excluding hydrogens is 1650 g/mol. The van der Waals surface area contributed by atoms with Gasteiger partial charge >= 0.3 is 0 Å². The van der Waals surface area contributed by atoms with Crippen LogP contribution in [0.3, 0.4) is 0 Å². The van der Waals surface area contributed by atoms with Crippen LogP contribution in [0.1, 0.15) is 0 Å².